The molecule has 0 N–H and O–H groups in total. The second-order valence-corrected chi connectivity index (χ2v) is 4.91. The van der Waals surface area contributed by atoms with Crippen LogP contribution in [0, 0.1) is 0 Å². The van der Waals surface area contributed by atoms with Gasteiger partial charge in [0.1, 0.15) is 0 Å². The normalized spacial score (nSPS) is 16.0. The summed E-state index contributed by atoms with van der Waals surface area (Å²) >= 11 is 0. The molecule has 0 saturated carbocycles. The minimum Gasteiger partial charge on any atom is -0.294 e. The molecule has 0 atom stereocenters. The van der Waals surface area contributed by atoms with Crippen LogP contribution in [0.5, 0.6) is 0 Å². The minimum atomic E-state index is 0.0698. The SMILES string of the molecule is O=C1C=c2ccc3c4c(ccc3c2=CC1)C(=O)C=C4. The van der Waals surface area contributed by atoms with Gasteiger partial charge in [-0.2, -0.15) is 0 Å². The average Bonchev–Trinajstić information content (AvgIpc) is 2.80. The molecule has 4 rings (SSSR count). The summed E-state index contributed by atoms with van der Waals surface area (Å²) in [5.41, 5.74) is 1.76. The van der Waals surface area contributed by atoms with Gasteiger partial charge in [-0.1, -0.05) is 24.3 Å². The summed E-state index contributed by atoms with van der Waals surface area (Å²) in [5.74, 6) is 0.212. The highest BCUT2D eigenvalue weighted by Crippen LogP contribution is 2.26. The molecule has 90 valence electrons. The zero-order valence-corrected chi connectivity index (χ0v) is 10.1. The molecule has 2 aromatic carbocycles. The van der Waals surface area contributed by atoms with E-state index in [9.17, 15) is 9.59 Å². The molecular weight excluding hydrogens is 236 g/mol. The van der Waals surface area contributed by atoms with Crippen molar-refractivity contribution in [2.24, 2.45) is 0 Å². The molecular formula is C17H10O2. The predicted molar refractivity (Wildman–Crippen MR) is 75.1 cm³/mol. The Morgan fingerprint density at radius 3 is 2.63 bits per heavy atom. The number of carbonyl (C=O) groups is 2. The van der Waals surface area contributed by atoms with Crippen LogP contribution >= 0.6 is 0 Å². The van der Waals surface area contributed by atoms with Crippen molar-refractivity contribution in [2.45, 2.75) is 6.42 Å². The summed E-state index contributed by atoms with van der Waals surface area (Å²) in [7, 11) is 0. The van der Waals surface area contributed by atoms with E-state index in [1.54, 1.807) is 12.2 Å². The molecule has 2 heteroatoms. The van der Waals surface area contributed by atoms with Crippen LogP contribution in [-0.4, -0.2) is 11.6 Å². The Hall–Kier alpha value is -2.48. The molecule has 19 heavy (non-hydrogen) atoms. The number of carbonyl (C=O) groups excluding carboxylic acids is 2. The van der Waals surface area contributed by atoms with E-state index < -0.39 is 0 Å². The summed E-state index contributed by atoms with van der Waals surface area (Å²) in [6.07, 6.45) is 7.63. The van der Waals surface area contributed by atoms with Crippen LogP contribution in [-0.2, 0) is 4.79 Å². The molecule has 0 bridgehead atoms. The zero-order chi connectivity index (χ0) is 13.0. The van der Waals surface area contributed by atoms with Gasteiger partial charge in [0.2, 0.25) is 0 Å². The van der Waals surface area contributed by atoms with E-state index in [1.165, 1.54) is 0 Å². The third-order valence-electron chi connectivity index (χ3n) is 3.81. The van der Waals surface area contributed by atoms with Gasteiger partial charge in [0.25, 0.3) is 0 Å². The van der Waals surface area contributed by atoms with Crippen LogP contribution in [0.3, 0.4) is 0 Å². The van der Waals surface area contributed by atoms with E-state index in [4.69, 9.17) is 0 Å². The lowest BCUT2D eigenvalue weighted by Gasteiger charge is -2.07. The Labute approximate surface area is 109 Å². The number of rotatable bonds is 0. The largest absolute Gasteiger partial charge is 0.294 e. The minimum absolute atomic E-state index is 0.0698. The molecule has 2 aromatic rings. The Morgan fingerprint density at radius 2 is 1.74 bits per heavy atom. The van der Waals surface area contributed by atoms with E-state index >= 15 is 0 Å². The zero-order valence-electron chi connectivity index (χ0n) is 10.1. The number of fused-ring (bicyclic) bond motifs is 5. The van der Waals surface area contributed by atoms with Gasteiger partial charge in [-0.05, 0) is 51.1 Å². The van der Waals surface area contributed by atoms with Crippen molar-refractivity contribution in [3.63, 3.8) is 0 Å². The van der Waals surface area contributed by atoms with Gasteiger partial charge in [0, 0.05) is 12.0 Å². The third kappa shape index (κ3) is 1.37. The first kappa shape index (κ1) is 10.4. The number of hydrogen-bond acceptors (Lipinski definition) is 2. The first-order valence-electron chi connectivity index (χ1n) is 6.27. The molecule has 0 aromatic heterocycles. The number of benzene rings is 2. The van der Waals surface area contributed by atoms with Crippen molar-refractivity contribution < 1.29 is 9.59 Å². The van der Waals surface area contributed by atoms with E-state index in [-0.39, 0.29) is 11.6 Å². The second kappa shape index (κ2) is 3.51. The molecule has 0 fully saturated rings. The summed E-state index contributed by atoms with van der Waals surface area (Å²) < 4.78 is 0. The lowest BCUT2D eigenvalue weighted by Crippen LogP contribution is -2.29. The fourth-order valence-corrected chi connectivity index (χ4v) is 2.90. The molecule has 2 aliphatic rings. The Kier molecular flexibility index (Phi) is 1.93. The quantitative estimate of drug-likeness (QED) is 0.707. The first-order chi connectivity index (χ1) is 9.24. The summed E-state index contributed by atoms with van der Waals surface area (Å²) in [6.45, 7) is 0. The maximum absolute atomic E-state index is 11.7. The maximum atomic E-state index is 11.7. The van der Waals surface area contributed by atoms with Crippen molar-refractivity contribution in [2.75, 3.05) is 0 Å². The van der Waals surface area contributed by atoms with E-state index in [0.29, 0.717) is 6.42 Å². The third-order valence-corrected chi connectivity index (χ3v) is 3.81. The molecule has 0 radical (unpaired) electrons. The van der Waals surface area contributed by atoms with Gasteiger partial charge in [-0.25, -0.2) is 0 Å². The van der Waals surface area contributed by atoms with Crippen molar-refractivity contribution in [1.29, 1.82) is 0 Å². The van der Waals surface area contributed by atoms with Crippen LogP contribution in [0.1, 0.15) is 22.3 Å². The Bertz CT molecular complexity index is 914. The number of ketones is 2. The van der Waals surface area contributed by atoms with Crippen LogP contribution < -0.4 is 10.4 Å². The molecule has 0 saturated heterocycles. The predicted octanol–water partition coefficient (Wildman–Crippen LogP) is 1.58. The Balaban J connectivity index is 2.20. The van der Waals surface area contributed by atoms with Gasteiger partial charge in [-0.15, -0.1) is 0 Å². The van der Waals surface area contributed by atoms with Crippen molar-refractivity contribution in [3.05, 3.63) is 51.9 Å². The van der Waals surface area contributed by atoms with Crippen molar-refractivity contribution in [3.8, 4) is 0 Å². The second-order valence-electron chi connectivity index (χ2n) is 4.91. The van der Waals surface area contributed by atoms with Gasteiger partial charge in [-0.3, -0.25) is 9.59 Å². The highest BCUT2D eigenvalue weighted by Gasteiger charge is 2.16. The standard InChI is InChI=1S/C17H10O2/c18-11-2-4-12-10(9-11)1-3-14-13(12)5-6-16-15(14)7-8-17(16)19/h1,3-9H,2H2. The van der Waals surface area contributed by atoms with Gasteiger partial charge >= 0.3 is 0 Å². The molecule has 0 unspecified atom stereocenters. The molecule has 2 aliphatic carbocycles. The van der Waals surface area contributed by atoms with Gasteiger partial charge in [0.05, 0.1) is 0 Å². The highest BCUT2D eigenvalue weighted by molar-refractivity contribution is 6.18. The fourth-order valence-electron chi connectivity index (χ4n) is 2.90. The number of allylic oxidation sites excluding steroid dienone is 1. The van der Waals surface area contributed by atoms with Crippen LogP contribution in [0.25, 0.3) is 29.0 Å². The maximum Gasteiger partial charge on any atom is 0.186 e. The molecule has 2 nitrogen and oxygen atoms in total. The van der Waals surface area contributed by atoms with Crippen LogP contribution in [0.4, 0.5) is 0 Å². The van der Waals surface area contributed by atoms with Gasteiger partial charge in [0.15, 0.2) is 11.6 Å². The van der Waals surface area contributed by atoms with Crippen molar-refractivity contribution in [1.82, 2.24) is 0 Å². The molecule has 0 heterocycles. The summed E-state index contributed by atoms with van der Waals surface area (Å²) in [6, 6.07) is 7.82. The number of hydrogen-bond donors (Lipinski definition) is 0. The van der Waals surface area contributed by atoms with E-state index in [2.05, 4.69) is 0 Å². The lowest BCUT2D eigenvalue weighted by atomic mass is 9.96. The number of Topliss-reactive ketones (excluding diaryl/α,β-unsaturated/α-hetero) is 1. The van der Waals surface area contributed by atoms with E-state index in [1.807, 2.05) is 36.4 Å². The molecule has 0 amide bonds. The highest BCUT2D eigenvalue weighted by atomic mass is 16.1. The first-order valence-corrected chi connectivity index (χ1v) is 6.27. The topological polar surface area (TPSA) is 34.1 Å². The fraction of sp³-hybridized carbons (Fsp3) is 0.0588. The van der Waals surface area contributed by atoms with E-state index in [0.717, 1.165) is 32.3 Å². The molecule has 0 spiro atoms. The van der Waals surface area contributed by atoms with Gasteiger partial charge < -0.3 is 0 Å². The summed E-state index contributed by atoms with van der Waals surface area (Å²) in [4.78, 5) is 23.1. The smallest absolute Gasteiger partial charge is 0.186 e. The van der Waals surface area contributed by atoms with Crippen LogP contribution in [0.2, 0.25) is 0 Å². The average molecular weight is 246 g/mol. The monoisotopic (exact) mass is 246 g/mol. The van der Waals surface area contributed by atoms with Crippen LogP contribution in [0.15, 0.2) is 30.3 Å². The lowest BCUT2D eigenvalue weighted by molar-refractivity contribution is -0.112. The van der Waals surface area contributed by atoms with Crippen molar-refractivity contribution >= 4 is 40.6 Å². The molecule has 0 aliphatic heterocycles. The Morgan fingerprint density at radius 1 is 0.895 bits per heavy atom. The summed E-state index contributed by atoms with van der Waals surface area (Å²) in [5, 5.41) is 4.27.